The zero-order valence-corrected chi connectivity index (χ0v) is 20.9. The maximum Gasteiger partial charge on any atom is 0.328 e. The molecule has 1 heterocycles. The van der Waals surface area contributed by atoms with Crippen molar-refractivity contribution in [1.82, 2.24) is 9.80 Å². The van der Waals surface area contributed by atoms with E-state index in [1.807, 2.05) is 0 Å². The Morgan fingerprint density at radius 1 is 0.971 bits per heavy atom. The van der Waals surface area contributed by atoms with Gasteiger partial charge in [-0.2, -0.15) is 0 Å². The van der Waals surface area contributed by atoms with Crippen molar-refractivity contribution < 1.29 is 29.3 Å². The summed E-state index contributed by atoms with van der Waals surface area (Å²) < 4.78 is 11.9. The van der Waals surface area contributed by atoms with Crippen molar-refractivity contribution in [1.29, 1.82) is 0 Å². The lowest BCUT2D eigenvalue weighted by atomic mass is 9.88. The number of rotatable bonds is 8. The van der Waals surface area contributed by atoms with Crippen LogP contribution in [-0.4, -0.2) is 84.4 Å². The molecule has 0 spiro atoms. The van der Waals surface area contributed by atoms with E-state index >= 15 is 0 Å². The number of aliphatic carboxylic acids is 2. The Labute approximate surface area is 208 Å². The van der Waals surface area contributed by atoms with Crippen molar-refractivity contribution in [3.8, 4) is 5.75 Å². The Kier molecular flexibility index (Phi) is 11.0. The minimum Gasteiger partial charge on any atom is -0.496 e. The van der Waals surface area contributed by atoms with Crippen LogP contribution in [0.3, 0.4) is 0 Å². The summed E-state index contributed by atoms with van der Waals surface area (Å²) >= 11 is 0. The third-order valence-corrected chi connectivity index (χ3v) is 7.22. The van der Waals surface area contributed by atoms with Crippen LogP contribution in [0.1, 0.15) is 62.2 Å². The van der Waals surface area contributed by atoms with Gasteiger partial charge < -0.3 is 19.7 Å². The molecule has 1 saturated heterocycles. The summed E-state index contributed by atoms with van der Waals surface area (Å²) in [7, 11) is 1.77. The lowest BCUT2D eigenvalue weighted by Crippen LogP contribution is -2.51. The fourth-order valence-electron chi connectivity index (χ4n) is 5.40. The van der Waals surface area contributed by atoms with Gasteiger partial charge in [0.1, 0.15) is 5.75 Å². The molecule has 2 fully saturated rings. The molecule has 1 aliphatic heterocycles. The number of benzene rings is 1. The lowest BCUT2D eigenvalue weighted by molar-refractivity contribution is -0.134. The third kappa shape index (κ3) is 8.63. The molecule has 4 rings (SSSR count). The van der Waals surface area contributed by atoms with Crippen molar-refractivity contribution in [3.05, 3.63) is 41.5 Å². The van der Waals surface area contributed by atoms with Crippen molar-refractivity contribution in [2.75, 3.05) is 46.4 Å². The second kappa shape index (κ2) is 14.2. The first-order valence-electron chi connectivity index (χ1n) is 12.9. The van der Waals surface area contributed by atoms with Gasteiger partial charge in [0.25, 0.3) is 0 Å². The van der Waals surface area contributed by atoms with Crippen molar-refractivity contribution in [3.63, 3.8) is 0 Å². The summed E-state index contributed by atoms with van der Waals surface area (Å²) in [6.07, 6.45) is 12.0. The van der Waals surface area contributed by atoms with Crippen LogP contribution in [-0.2, 0) is 20.7 Å². The van der Waals surface area contributed by atoms with E-state index in [-0.39, 0.29) is 6.10 Å². The highest BCUT2D eigenvalue weighted by Crippen LogP contribution is 2.37. The summed E-state index contributed by atoms with van der Waals surface area (Å²) in [6, 6.07) is 7.27. The molecule has 1 saturated carbocycles. The van der Waals surface area contributed by atoms with Crippen LogP contribution in [0.15, 0.2) is 30.4 Å². The predicted molar refractivity (Wildman–Crippen MR) is 134 cm³/mol. The van der Waals surface area contributed by atoms with Crippen LogP contribution in [0, 0.1) is 0 Å². The molecule has 8 nitrogen and oxygen atoms in total. The van der Waals surface area contributed by atoms with Gasteiger partial charge in [0, 0.05) is 50.9 Å². The number of fused-ring (bicyclic) bond motifs is 1. The normalized spacial score (nSPS) is 21.7. The summed E-state index contributed by atoms with van der Waals surface area (Å²) in [5.41, 5.74) is 2.71. The average Bonchev–Trinajstić information content (AvgIpc) is 2.88. The van der Waals surface area contributed by atoms with Gasteiger partial charge in [0.2, 0.25) is 0 Å². The molecule has 2 N–H and O–H groups in total. The Morgan fingerprint density at radius 3 is 2.29 bits per heavy atom. The molecule has 2 aliphatic carbocycles. The summed E-state index contributed by atoms with van der Waals surface area (Å²) in [6.45, 7) is 6.80. The minimum atomic E-state index is -1.26. The first kappa shape index (κ1) is 27.2. The monoisotopic (exact) mass is 488 g/mol. The molecule has 1 aromatic carbocycles. The number of hydrogen-bond acceptors (Lipinski definition) is 6. The molecule has 0 radical (unpaired) electrons. The SMILES string of the molecule is COc1cccc2c1CCC[C@H]2OCCN1CCN(C2CCCCC2)CC1.O=C(O)/C=C\C(=O)O. The Balaban J connectivity index is 0.000000371. The van der Waals surface area contributed by atoms with E-state index in [1.165, 1.54) is 75.8 Å². The second-order valence-electron chi connectivity index (χ2n) is 9.46. The van der Waals surface area contributed by atoms with E-state index in [9.17, 15) is 9.59 Å². The Bertz CT molecular complexity index is 828. The summed E-state index contributed by atoms with van der Waals surface area (Å²) in [4.78, 5) is 24.4. The molecule has 1 atom stereocenters. The number of carboxylic acid groups (broad SMARTS) is 2. The molecule has 3 aliphatic rings. The summed E-state index contributed by atoms with van der Waals surface area (Å²) in [5, 5.41) is 15.6. The van der Waals surface area contributed by atoms with Crippen LogP contribution < -0.4 is 4.74 Å². The molecule has 8 heteroatoms. The molecule has 0 aromatic heterocycles. The van der Waals surface area contributed by atoms with Crippen LogP contribution in [0.2, 0.25) is 0 Å². The zero-order valence-electron chi connectivity index (χ0n) is 20.9. The fraction of sp³-hybridized carbons (Fsp3) is 0.630. The number of nitrogens with zero attached hydrogens (tertiary/aromatic N) is 2. The molecule has 35 heavy (non-hydrogen) atoms. The van der Waals surface area contributed by atoms with E-state index in [2.05, 4.69) is 28.0 Å². The van der Waals surface area contributed by atoms with Gasteiger partial charge in [-0.1, -0.05) is 31.4 Å². The van der Waals surface area contributed by atoms with Gasteiger partial charge in [-0.25, -0.2) is 9.59 Å². The molecule has 194 valence electrons. The van der Waals surface area contributed by atoms with E-state index in [1.54, 1.807) is 7.11 Å². The molecular weight excluding hydrogens is 448 g/mol. The van der Waals surface area contributed by atoms with Gasteiger partial charge in [0.15, 0.2) is 0 Å². The standard InChI is InChI=1S/C23H36N2O2.C4H4O4/c1-26-22-11-5-10-21-20(22)9-6-12-23(21)27-18-17-24-13-15-25(16-14-24)19-7-3-2-4-8-19;5-3(6)1-2-4(7)8/h5,10-11,19,23H,2-4,6-9,12-18H2,1H3;1-2H,(H,5,6)(H,7,8)/b;2-1-/t23-;/m1./s1. The van der Waals surface area contributed by atoms with Crippen molar-refractivity contribution in [2.24, 2.45) is 0 Å². The van der Waals surface area contributed by atoms with E-state index < -0.39 is 11.9 Å². The van der Waals surface area contributed by atoms with Crippen molar-refractivity contribution >= 4 is 11.9 Å². The van der Waals surface area contributed by atoms with E-state index in [0.717, 1.165) is 37.8 Å². The highest BCUT2D eigenvalue weighted by molar-refractivity contribution is 5.89. The van der Waals surface area contributed by atoms with Gasteiger partial charge in [-0.3, -0.25) is 9.80 Å². The van der Waals surface area contributed by atoms with Gasteiger partial charge >= 0.3 is 11.9 Å². The van der Waals surface area contributed by atoms with Crippen LogP contribution in [0.25, 0.3) is 0 Å². The molecule has 0 amide bonds. The number of ether oxygens (including phenoxy) is 2. The van der Waals surface area contributed by atoms with E-state index in [4.69, 9.17) is 19.7 Å². The second-order valence-corrected chi connectivity index (χ2v) is 9.46. The maximum absolute atomic E-state index is 9.55. The molecular formula is C27H40N2O6. The third-order valence-electron chi connectivity index (χ3n) is 7.22. The molecule has 1 aromatic rings. The number of hydrogen-bond donors (Lipinski definition) is 2. The van der Waals surface area contributed by atoms with Crippen molar-refractivity contribution in [2.45, 2.75) is 63.5 Å². The zero-order chi connectivity index (χ0) is 25.0. The highest BCUT2D eigenvalue weighted by atomic mass is 16.5. The van der Waals surface area contributed by atoms with Crippen LogP contribution >= 0.6 is 0 Å². The quantitative estimate of drug-likeness (QED) is 0.534. The number of carboxylic acids is 2. The lowest BCUT2D eigenvalue weighted by Gasteiger charge is -2.40. The number of carbonyl (C=O) groups is 2. The van der Waals surface area contributed by atoms with Gasteiger partial charge in [-0.05, 0) is 49.3 Å². The maximum atomic E-state index is 9.55. The van der Waals surface area contributed by atoms with Gasteiger partial charge in [-0.15, -0.1) is 0 Å². The fourth-order valence-corrected chi connectivity index (χ4v) is 5.40. The topological polar surface area (TPSA) is 99.5 Å². The van der Waals surface area contributed by atoms with Crippen LogP contribution in [0.5, 0.6) is 5.75 Å². The Hall–Kier alpha value is -2.42. The smallest absolute Gasteiger partial charge is 0.328 e. The largest absolute Gasteiger partial charge is 0.496 e. The van der Waals surface area contributed by atoms with Gasteiger partial charge in [0.05, 0.1) is 19.8 Å². The summed E-state index contributed by atoms with van der Waals surface area (Å²) in [5.74, 6) is -1.49. The van der Waals surface area contributed by atoms with Crippen LogP contribution in [0.4, 0.5) is 0 Å². The number of methoxy groups -OCH3 is 1. The molecule has 0 unspecified atom stereocenters. The molecule has 0 bridgehead atoms. The van der Waals surface area contributed by atoms with E-state index in [0.29, 0.717) is 12.2 Å². The predicted octanol–water partition coefficient (Wildman–Crippen LogP) is 3.75. The first-order chi connectivity index (χ1) is 17.0. The average molecular weight is 489 g/mol. The Morgan fingerprint density at radius 2 is 1.66 bits per heavy atom. The highest BCUT2D eigenvalue weighted by Gasteiger charge is 2.26. The first-order valence-corrected chi connectivity index (χ1v) is 12.9. The number of piperazine rings is 1. The minimum absolute atomic E-state index is 0.243.